The molecule has 21 heavy (non-hydrogen) atoms. The van der Waals surface area contributed by atoms with Crippen LogP contribution in [0.25, 0.3) is 16.9 Å². The highest BCUT2D eigenvalue weighted by Gasteiger charge is 2.31. The highest BCUT2D eigenvalue weighted by Crippen LogP contribution is 2.34. The summed E-state index contributed by atoms with van der Waals surface area (Å²) in [6.45, 7) is 1.68. The van der Waals surface area contributed by atoms with Gasteiger partial charge in [-0.15, -0.1) is 0 Å². The lowest BCUT2D eigenvalue weighted by molar-refractivity contribution is -0.119. The van der Waals surface area contributed by atoms with Gasteiger partial charge >= 0.3 is 0 Å². The molecular formula is C17H15BrO3. The molecule has 1 heterocycles. The maximum atomic E-state index is 11.7. The zero-order valence-electron chi connectivity index (χ0n) is 11.6. The summed E-state index contributed by atoms with van der Waals surface area (Å²) in [5, 5.41) is 10.1. The number of halogens is 1. The number of carbonyl (C=O) groups excluding carboxylic acids is 1. The third-order valence-electron chi connectivity index (χ3n) is 3.51. The van der Waals surface area contributed by atoms with Crippen LogP contribution in [0, 0.1) is 0 Å². The lowest BCUT2D eigenvalue weighted by atomic mass is 9.84. The van der Waals surface area contributed by atoms with Crippen LogP contribution < -0.4 is 0 Å². The van der Waals surface area contributed by atoms with Crippen molar-refractivity contribution in [2.75, 3.05) is 0 Å². The molecule has 0 amide bonds. The van der Waals surface area contributed by atoms with Crippen LogP contribution in [0.3, 0.4) is 0 Å². The lowest BCUT2D eigenvalue weighted by Gasteiger charge is -2.26. The normalized spacial score (nSPS) is 22.2. The van der Waals surface area contributed by atoms with Crippen LogP contribution >= 0.6 is 15.9 Å². The van der Waals surface area contributed by atoms with Gasteiger partial charge in [-0.3, -0.25) is 4.79 Å². The number of hydrogen-bond donors (Lipinski definition) is 1. The number of ketones is 1. The standard InChI is InChI=1S/C17H15BrO3/c1-17(20)9-12(8-14(19)10-17)16-7-6-15(21-16)11-2-4-13(18)5-3-11/h2-8,20H,9-10H2,1H3/t17-/m1/s1. The predicted molar refractivity (Wildman–Crippen MR) is 84.7 cm³/mol. The van der Waals surface area contributed by atoms with Crippen LogP contribution in [0.5, 0.6) is 0 Å². The van der Waals surface area contributed by atoms with E-state index in [2.05, 4.69) is 15.9 Å². The highest BCUT2D eigenvalue weighted by atomic mass is 79.9. The summed E-state index contributed by atoms with van der Waals surface area (Å²) in [5.41, 5.74) is 0.727. The molecule has 1 aromatic heterocycles. The van der Waals surface area contributed by atoms with E-state index in [4.69, 9.17) is 4.42 Å². The number of benzene rings is 1. The van der Waals surface area contributed by atoms with Crippen LogP contribution in [0.4, 0.5) is 0 Å². The second-order valence-electron chi connectivity index (χ2n) is 5.66. The molecule has 3 rings (SSSR count). The average Bonchev–Trinajstić information content (AvgIpc) is 2.87. The van der Waals surface area contributed by atoms with Crippen molar-refractivity contribution in [3.8, 4) is 11.3 Å². The first-order chi connectivity index (χ1) is 9.93. The summed E-state index contributed by atoms with van der Waals surface area (Å²) < 4.78 is 6.85. The van der Waals surface area contributed by atoms with Gasteiger partial charge in [0.1, 0.15) is 11.5 Å². The van der Waals surface area contributed by atoms with Gasteiger partial charge in [0, 0.05) is 28.5 Å². The molecule has 3 nitrogen and oxygen atoms in total. The van der Waals surface area contributed by atoms with Crippen LogP contribution in [0.1, 0.15) is 25.5 Å². The molecule has 0 fully saturated rings. The SMILES string of the molecule is C[C@]1(O)CC(=O)C=C(c2ccc(-c3ccc(Br)cc3)o2)C1. The largest absolute Gasteiger partial charge is 0.456 e. The molecule has 1 aliphatic carbocycles. The zero-order chi connectivity index (χ0) is 15.0. The van der Waals surface area contributed by atoms with Gasteiger partial charge < -0.3 is 9.52 Å². The second-order valence-corrected chi connectivity index (χ2v) is 6.57. The fraction of sp³-hybridized carbons (Fsp3) is 0.235. The van der Waals surface area contributed by atoms with Gasteiger partial charge in [0.25, 0.3) is 0 Å². The maximum absolute atomic E-state index is 11.7. The van der Waals surface area contributed by atoms with E-state index in [0.717, 1.165) is 21.4 Å². The third-order valence-corrected chi connectivity index (χ3v) is 4.04. The van der Waals surface area contributed by atoms with Gasteiger partial charge in [-0.1, -0.05) is 28.1 Å². The summed E-state index contributed by atoms with van der Waals surface area (Å²) in [5.74, 6) is 1.32. The molecule has 1 aromatic carbocycles. The van der Waals surface area contributed by atoms with E-state index in [9.17, 15) is 9.90 Å². The topological polar surface area (TPSA) is 50.4 Å². The minimum absolute atomic E-state index is 0.0668. The lowest BCUT2D eigenvalue weighted by Crippen LogP contribution is -2.30. The van der Waals surface area contributed by atoms with Crippen molar-refractivity contribution in [1.82, 2.24) is 0 Å². The average molecular weight is 347 g/mol. The Morgan fingerprint density at radius 2 is 1.76 bits per heavy atom. The van der Waals surface area contributed by atoms with Gasteiger partial charge in [0.2, 0.25) is 0 Å². The Morgan fingerprint density at radius 3 is 2.43 bits per heavy atom. The molecule has 4 heteroatoms. The van der Waals surface area contributed by atoms with Crippen LogP contribution in [0.2, 0.25) is 0 Å². The molecule has 0 radical (unpaired) electrons. The summed E-state index contributed by atoms with van der Waals surface area (Å²) in [6, 6.07) is 11.6. The van der Waals surface area contributed by atoms with E-state index in [1.54, 1.807) is 13.0 Å². The van der Waals surface area contributed by atoms with Crippen molar-refractivity contribution in [3.63, 3.8) is 0 Å². The number of allylic oxidation sites excluding steroid dienone is 1. The number of aliphatic hydroxyl groups is 1. The van der Waals surface area contributed by atoms with Crippen LogP contribution in [-0.2, 0) is 4.79 Å². The Kier molecular flexibility index (Phi) is 3.59. The van der Waals surface area contributed by atoms with Gasteiger partial charge in [-0.2, -0.15) is 0 Å². The van der Waals surface area contributed by atoms with Crippen molar-refractivity contribution in [1.29, 1.82) is 0 Å². The first-order valence-electron chi connectivity index (χ1n) is 6.75. The summed E-state index contributed by atoms with van der Waals surface area (Å²) in [7, 11) is 0. The van der Waals surface area contributed by atoms with Crippen LogP contribution in [-0.4, -0.2) is 16.5 Å². The zero-order valence-corrected chi connectivity index (χ0v) is 13.2. The molecular weight excluding hydrogens is 332 g/mol. The molecule has 1 atom stereocenters. The van der Waals surface area contributed by atoms with E-state index in [-0.39, 0.29) is 12.2 Å². The molecule has 0 spiro atoms. The van der Waals surface area contributed by atoms with Crippen molar-refractivity contribution in [2.45, 2.75) is 25.4 Å². The van der Waals surface area contributed by atoms with Crippen molar-refractivity contribution in [3.05, 3.63) is 52.7 Å². The molecule has 0 bridgehead atoms. The van der Waals surface area contributed by atoms with Gasteiger partial charge in [-0.25, -0.2) is 0 Å². The molecule has 108 valence electrons. The van der Waals surface area contributed by atoms with Gasteiger partial charge in [0.15, 0.2) is 5.78 Å². The minimum Gasteiger partial charge on any atom is -0.456 e. The minimum atomic E-state index is -0.994. The second kappa shape index (κ2) is 5.28. The van der Waals surface area contributed by atoms with Crippen LogP contribution in [0.15, 0.2) is 51.4 Å². The molecule has 2 aromatic rings. The number of carbonyl (C=O) groups is 1. The number of furan rings is 1. The van der Waals surface area contributed by atoms with E-state index in [1.165, 1.54) is 0 Å². The first kappa shape index (κ1) is 14.3. The Morgan fingerprint density at radius 1 is 1.10 bits per heavy atom. The quantitative estimate of drug-likeness (QED) is 0.886. The van der Waals surface area contributed by atoms with Gasteiger partial charge in [-0.05, 0) is 37.3 Å². The number of rotatable bonds is 2. The van der Waals surface area contributed by atoms with E-state index in [0.29, 0.717) is 12.2 Å². The number of hydrogen-bond acceptors (Lipinski definition) is 3. The van der Waals surface area contributed by atoms with E-state index < -0.39 is 5.60 Å². The third kappa shape index (κ3) is 3.17. The first-order valence-corrected chi connectivity index (χ1v) is 7.54. The Labute approximate surface area is 131 Å². The maximum Gasteiger partial charge on any atom is 0.158 e. The Hall–Kier alpha value is -1.65. The molecule has 0 saturated heterocycles. The smallest absolute Gasteiger partial charge is 0.158 e. The van der Waals surface area contributed by atoms with Crippen molar-refractivity contribution < 1.29 is 14.3 Å². The fourth-order valence-corrected chi connectivity index (χ4v) is 2.85. The molecule has 0 aliphatic heterocycles. The van der Waals surface area contributed by atoms with Gasteiger partial charge in [0.05, 0.1) is 5.60 Å². The summed E-state index contributed by atoms with van der Waals surface area (Å²) >= 11 is 3.40. The van der Waals surface area contributed by atoms with Crippen molar-refractivity contribution in [2.24, 2.45) is 0 Å². The fourth-order valence-electron chi connectivity index (χ4n) is 2.58. The highest BCUT2D eigenvalue weighted by molar-refractivity contribution is 9.10. The molecule has 1 N–H and O–H groups in total. The van der Waals surface area contributed by atoms with E-state index in [1.807, 2.05) is 36.4 Å². The van der Waals surface area contributed by atoms with E-state index >= 15 is 0 Å². The summed E-state index contributed by atoms with van der Waals surface area (Å²) in [4.78, 5) is 11.7. The predicted octanol–water partition coefficient (Wildman–Crippen LogP) is 4.21. The molecule has 1 aliphatic rings. The summed E-state index contributed by atoms with van der Waals surface area (Å²) in [6.07, 6.45) is 2.16. The Balaban J connectivity index is 1.92. The Bertz CT molecular complexity index is 708. The molecule has 0 saturated carbocycles. The monoisotopic (exact) mass is 346 g/mol. The molecule has 0 unspecified atom stereocenters. The van der Waals surface area contributed by atoms with Crippen molar-refractivity contribution >= 4 is 27.3 Å².